The molecule has 3 N–H and O–H groups in total. The number of ether oxygens (including phenoxy) is 1. The number of carbonyl (C=O) groups excluding carboxylic acids is 2. The number of anilines is 1. The second-order valence-corrected chi connectivity index (χ2v) is 7.81. The van der Waals surface area contributed by atoms with E-state index in [1.165, 1.54) is 6.20 Å². The molecule has 0 aliphatic heterocycles. The highest BCUT2D eigenvalue weighted by Crippen LogP contribution is 2.44. The van der Waals surface area contributed by atoms with Crippen molar-refractivity contribution in [3.05, 3.63) is 72.1 Å². The molecule has 2 amide bonds. The summed E-state index contributed by atoms with van der Waals surface area (Å²) >= 11 is 0. The van der Waals surface area contributed by atoms with E-state index in [0.717, 1.165) is 22.3 Å². The number of aromatic nitrogens is 2. The van der Waals surface area contributed by atoms with E-state index in [4.69, 9.17) is 9.84 Å². The molecule has 1 aromatic heterocycles. The molecule has 4 rings (SSSR count). The van der Waals surface area contributed by atoms with Crippen LogP contribution in [-0.4, -0.2) is 45.3 Å². The van der Waals surface area contributed by atoms with Gasteiger partial charge in [-0.3, -0.25) is 14.9 Å². The molecular formula is C24H24N4O5. The summed E-state index contributed by atoms with van der Waals surface area (Å²) in [6.45, 7) is 0.0898. The maximum absolute atomic E-state index is 12.7. The minimum atomic E-state index is -1.09. The summed E-state index contributed by atoms with van der Waals surface area (Å²) < 4.78 is 7.08. The zero-order valence-electron chi connectivity index (χ0n) is 18.0. The number of benzene rings is 2. The van der Waals surface area contributed by atoms with Gasteiger partial charge in [0, 0.05) is 31.8 Å². The van der Waals surface area contributed by atoms with Crippen LogP contribution in [0.3, 0.4) is 0 Å². The Morgan fingerprint density at radius 1 is 1.09 bits per heavy atom. The number of carboxylic acid groups (broad SMARTS) is 1. The fourth-order valence-electron chi connectivity index (χ4n) is 4.00. The molecule has 1 heterocycles. The van der Waals surface area contributed by atoms with Crippen molar-refractivity contribution in [3.63, 3.8) is 0 Å². The van der Waals surface area contributed by atoms with Crippen molar-refractivity contribution in [3.8, 4) is 11.1 Å². The van der Waals surface area contributed by atoms with Crippen molar-refractivity contribution in [2.45, 2.75) is 24.8 Å². The van der Waals surface area contributed by atoms with Crippen LogP contribution >= 0.6 is 0 Å². The monoisotopic (exact) mass is 448 g/mol. The van der Waals surface area contributed by atoms with E-state index in [-0.39, 0.29) is 31.3 Å². The van der Waals surface area contributed by atoms with Crippen molar-refractivity contribution in [1.82, 2.24) is 14.9 Å². The van der Waals surface area contributed by atoms with Crippen LogP contribution in [-0.2, 0) is 21.4 Å². The van der Waals surface area contributed by atoms with Crippen molar-refractivity contribution in [1.29, 1.82) is 0 Å². The smallest absolute Gasteiger partial charge is 0.407 e. The van der Waals surface area contributed by atoms with Gasteiger partial charge < -0.3 is 19.7 Å². The topological polar surface area (TPSA) is 123 Å². The molecule has 0 saturated heterocycles. The Kier molecular flexibility index (Phi) is 6.39. The van der Waals surface area contributed by atoms with Gasteiger partial charge in [0.15, 0.2) is 0 Å². The second-order valence-electron chi connectivity index (χ2n) is 7.81. The van der Waals surface area contributed by atoms with Crippen molar-refractivity contribution < 1.29 is 24.2 Å². The predicted octanol–water partition coefficient (Wildman–Crippen LogP) is 3.13. The number of imidazole rings is 1. The largest absolute Gasteiger partial charge is 0.481 e. The summed E-state index contributed by atoms with van der Waals surface area (Å²) in [4.78, 5) is 40.3. The van der Waals surface area contributed by atoms with Gasteiger partial charge in [-0.15, -0.1) is 0 Å². The van der Waals surface area contributed by atoms with E-state index in [0.29, 0.717) is 0 Å². The molecule has 1 aliphatic carbocycles. The third kappa shape index (κ3) is 4.87. The van der Waals surface area contributed by atoms with Crippen LogP contribution in [0.5, 0.6) is 0 Å². The third-order valence-electron chi connectivity index (χ3n) is 5.66. The number of hydrogen-bond acceptors (Lipinski definition) is 5. The highest BCUT2D eigenvalue weighted by molar-refractivity contribution is 5.95. The summed E-state index contributed by atoms with van der Waals surface area (Å²) in [6.07, 6.45) is 2.00. The minimum Gasteiger partial charge on any atom is -0.481 e. The molecule has 0 bridgehead atoms. The number of carboxylic acids is 1. The van der Waals surface area contributed by atoms with Crippen LogP contribution < -0.4 is 10.6 Å². The molecule has 1 aliphatic rings. The lowest BCUT2D eigenvalue weighted by atomic mass is 9.98. The fourth-order valence-corrected chi connectivity index (χ4v) is 4.00. The van der Waals surface area contributed by atoms with Gasteiger partial charge in [0.05, 0.1) is 0 Å². The first-order valence-electron chi connectivity index (χ1n) is 10.6. The molecule has 0 saturated carbocycles. The second kappa shape index (κ2) is 9.56. The first-order chi connectivity index (χ1) is 15.9. The molecule has 3 aromatic rings. The van der Waals surface area contributed by atoms with Gasteiger partial charge in [-0.05, 0) is 28.7 Å². The Morgan fingerprint density at radius 2 is 1.73 bits per heavy atom. The van der Waals surface area contributed by atoms with E-state index < -0.39 is 24.0 Å². The van der Waals surface area contributed by atoms with Crippen molar-refractivity contribution >= 4 is 23.9 Å². The lowest BCUT2D eigenvalue weighted by molar-refractivity contribution is -0.137. The first-order valence-corrected chi connectivity index (χ1v) is 10.6. The van der Waals surface area contributed by atoms with Gasteiger partial charge in [0.25, 0.3) is 0 Å². The predicted molar refractivity (Wildman–Crippen MR) is 121 cm³/mol. The Balaban J connectivity index is 1.43. The van der Waals surface area contributed by atoms with Gasteiger partial charge in [-0.25, -0.2) is 9.78 Å². The SMILES string of the molecule is Cn1ccnc1NC(=O)C(CCC(=O)O)NC(=O)OCC1c2ccccc2-c2ccccc21. The van der Waals surface area contributed by atoms with Crippen LogP contribution in [0.1, 0.15) is 29.9 Å². The minimum absolute atomic E-state index is 0.0875. The maximum Gasteiger partial charge on any atom is 0.407 e. The summed E-state index contributed by atoms with van der Waals surface area (Å²) in [6, 6.07) is 14.8. The van der Waals surface area contributed by atoms with Crippen LogP contribution in [0, 0.1) is 0 Å². The number of alkyl carbamates (subject to hydrolysis) is 1. The van der Waals surface area contributed by atoms with Crippen LogP contribution in [0.15, 0.2) is 60.9 Å². The molecule has 0 radical (unpaired) electrons. The molecule has 2 aromatic carbocycles. The highest BCUT2D eigenvalue weighted by Gasteiger charge is 2.30. The van der Waals surface area contributed by atoms with Gasteiger partial charge in [-0.1, -0.05) is 48.5 Å². The Hall–Kier alpha value is -4.14. The average Bonchev–Trinajstić information content (AvgIpc) is 3.35. The number of nitrogens with zero attached hydrogens (tertiary/aromatic N) is 2. The Bertz CT molecular complexity index is 1140. The van der Waals surface area contributed by atoms with Crippen LogP contribution in [0.25, 0.3) is 11.1 Å². The van der Waals surface area contributed by atoms with Crippen LogP contribution in [0.4, 0.5) is 10.7 Å². The number of aryl methyl sites for hydroxylation is 1. The molecule has 9 heteroatoms. The van der Waals surface area contributed by atoms with Crippen molar-refractivity contribution in [2.24, 2.45) is 7.05 Å². The van der Waals surface area contributed by atoms with Gasteiger partial charge in [0.1, 0.15) is 12.6 Å². The standard InChI is InChI=1S/C24H24N4O5/c1-28-13-12-25-23(28)27-22(31)20(10-11-21(29)30)26-24(32)33-14-19-17-8-4-2-6-15(17)16-7-3-5-9-18(16)19/h2-9,12-13,19-20H,10-11,14H2,1H3,(H,26,32)(H,29,30)(H,25,27,31). The summed E-state index contributed by atoms with van der Waals surface area (Å²) in [5, 5.41) is 14.1. The zero-order chi connectivity index (χ0) is 23.4. The highest BCUT2D eigenvalue weighted by atomic mass is 16.5. The summed E-state index contributed by atoms with van der Waals surface area (Å²) in [5.41, 5.74) is 4.36. The molecule has 9 nitrogen and oxygen atoms in total. The molecule has 0 spiro atoms. The normalized spacial score (nSPS) is 13.0. The Morgan fingerprint density at radius 3 is 2.30 bits per heavy atom. The molecule has 1 unspecified atom stereocenters. The summed E-state index contributed by atoms with van der Waals surface area (Å²) in [5.74, 6) is -1.48. The van der Waals surface area contributed by atoms with Crippen LogP contribution in [0.2, 0.25) is 0 Å². The third-order valence-corrected chi connectivity index (χ3v) is 5.66. The number of amides is 2. The number of fused-ring (bicyclic) bond motifs is 3. The quantitative estimate of drug-likeness (QED) is 0.487. The lowest BCUT2D eigenvalue weighted by Gasteiger charge is -2.19. The van der Waals surface area contributed by atoms with Crippen molar-refractivity contribution in [2.75, 3.05) is 11.9 Å². The Labute approximate surface area is 190 Å². The number of nitrogens with one attached hydrogen (secondary N) is 2. The molecule has 1 atom stereocenters. The van der Waals surface area contributed by atoms with Gasteiger partial charge in [-0.2, -0.15) is 0 Å². The number of aliphatic carboxylic acids is 1. The summed E-state index contributed by atoms with van der Waals surface area (Å²) in [7, 11) is 1.70. The van der Waals surface area contributed by atoms with E-state index in [9.17, 15) is 14.4 Å². The molecule has 170 valence electrons. The zero-order valence-corrected chi connectivity index (χ0v) is 18.0. The fraction of sp³-hybridized carbons (Fsp3) is 0.250. The maximum atomic E-state index is 12.7. The van der Waals surface area contributed by atoms with E-state index >= 15 is 0 Å². The number of carbonyl (C=O) groups is 3. The molecule has 0 fully saturated rings. The first kappa shape index (κ1) is 22.1. The van der Waals surface area contributed by atoms with Gasteiger partial charge >= 0.3 is 12.1 Å². The van der Waals surface area contributed by atoms with E-state index in [2.05, 4.69) is 15.6 Å². The average molecular weight is 448 g/mol. The lowest BCUT2D eigenvalue weighted by Crippen LogP contribution is -2.44. The molecule has 33 heavy (non-hydrogen) atoms. The number of hydrogen-bond donors (Lipinski definition) is 3. The van der Waals surface area contributed by atoms with E-state index in [1.54, 1.807) is 17.8 Å². The van der Waals surface area contributed by atoms with E-state index in [1.807, 2.05) is 48.5 Å². The number of rotatable bonds is 8. The molecular weight excluding hydrogens is 424 g/mol. The van der Waals surface area contributed by atoms with Gasteiger partial charge in [0.2, 0.25) is 11.9 Å².